The molecular weight excluding hydrogens is 294 g/mol. The molecule has 0 unspecified atom stereocenters. The topological polar surface area (TPSA) is 21.1 Å². The number of aryl methyl sites for hydroxylation is 2. The van der Waals surface area contributed by atoms with E-state index in [9.17, 15) is 0 Å². The maximum atomic E-state index is 6.22. The van der Waals surface area contributed by atoms with Crippen molar-refractivity contribution in [2.45, 2.75) is 25.8 Å². The number of aromatic nitrogens is 2. The standard InChI is InChI=1S/C18H20ClN3/c1-21-8-4-13(5-9-21)17-16-3-2-15(19)12-14(16)6-10-22-11-7-20-18(17)22/h2-3,7,11-12H,4-6,8-10H2,1H3. The summed E-state index contributed by atoms with van der Waals surface area (Å²) in [5, 5.41) is 0.825. The Kier molecular flexibility index (Phi) is 3.55. The molecule has 2 aliphatic heterocycles. The Balaban J connectivity index is 1.92. The van der Waals surface area contributed by atoms with Crippen molar-refractivity contribution < 1.29 is 0 Å². The summed E-state index contributed by atoms with van der Waals surface area (Å²) in [7, 11) is 2.20. The van der Waals surface area contributed by atoms with Crippen molar-refractivity contribution in [2.24, 2.45) is 0 Å². The molecule has 1 saturated heterocycles. The molecule has 0 N–H and O–H groups in total. The molecule has 0 aliphatic carbocycles. The van der Waals surface area contributed by atoms with Gasteiger partial charge in [0.2, 0.25) is 0 Å². The van der Waals surface area contributed by atoms with Gasteiger partial charge in [-0.05, 0) is 49.6 Å². The SMILES string of the molecule is CN1CCC(=C2c3ccc(Cl)cc3CCn3ccnc32)CC1. The number of fused-ring (bicyclic) bond motifs is 2. The van der Waals surface area contributed by atoms with Gasteiger partial charge in [-0.2, -0.15) is 0 Å². The zero-order valence-corrected chi connectivity index (χ0v) is 13.6. The number of imidazole rings is 1. The fraction of sp³-hybridized carbons (Fsp3) is 0.389. The fourth-order valence-corrected chi connectivity index (χ4v) is 3.77. The molecule has 22 heavy (non-hydrogen) atoms. The molecule has 1 aromatic carbocycles. The van der Waals surface area contributed by atoms with E-state index in [-0.39, 0.29) is 0 Å². The smallest absolute Gasteiger partial charge is 0.140 e. The normalized spacial score (nSPS) is 18.8. The van der Waals surface area contributed by atoms with Crippen LogP contribution in [0.1, 0.15) is 29.8 Å². The monoisotopic (exact) mass is 313 g/mol. The molecule has 0 spiro atoms. The second-order valence-electron chi connectivity index (χ2n) is 6.28. The van der Waals surface area contributed by atoms with E-state index in [1.807, 2.05) is 12.3 Å². The summed E-state index contributed by atoms with van der Waals surface area (Å²) in [6, 6.07) is 6.32. The molecule has 2 aromatic rings. The van der Waals surface area contributed by atoms with Gasteiger partial charge >= 0.3 is 0 Å². The Morgan fingerprint density at radius 2 is 1.91 bits per heavy atom. The first-order chi connectivity index (χ1) is 10.7. The molecule has 0 bridgehead atoms. The van der Waals surface area contributed by atoms with Crippen LogP contribution in [0, 0.1) is 0 Å². The third-order valence-electron chi connectivity index (χ3n) is 4.84. The highest BCUT2D eigenvalue weighted by Gasteiger charge is 2.24. The summed E-state index contributed by atoms with van der Waals surface area (Å²) < 4.78 is 2.29. The minimum absolute atomic E-state index is 0.825. The summed E-state index contributed by atoms with van der Waals surface area (Å²) in [5.41, 5.74) is 5.56. The molecule has 3 nitrogen and oxygen atoms in total. The van der Waals surface area contributed by atoms with Crippen LogP contribution in [0.5, 0.6) is 0 Å². The molecule has 3 heterocycles. The predicted octanol–water partition coefficient (Wildman–Crippen LogP) is 3.62. The average Bonchev–Trinajstić information content (AvgIpc) is 2.92. The van der Waals surface area contributed by atoms with Crippen molar-refractivity contribution in [3.05, 3.63) is 58.1 Å². The van der Waals surface area contributed by atoms with Gasteiger partial charge < -0.3 is 9.47 Å². The Labute approximate surface area is 136 Å². The van der Waals surface area contributed by atoms with Gasteiger partial charge in [0.15, 0.2) is 0 Å². The number of hydrogen-bond acceptors (Lipinski definition) is 2. The predicted molar refractivity (Wildman–Crippen MR) is 90.1 cm³/mol. The molecule has 114 valence electrons. The lowest BCUT2D eigenvalue weighted by Gasteiger charge is -2.26. The lowest BCUT2D eigenvalue weighted by molar-refractivity contribution is 0.313. The van der Waals surface area contributed by atoms with E-state index in [1.165, 1.54) is 22.3 Å². The summed E-state index contributed by atoms with van der Waals surface area (Å²) in [6.45, 7) is 3.23. The van der Waals surface area contributed by atoms with E-state index < -0.39 is 0 Å². The number of rotatable bonds is 0. The molecular formula is C18H20ClN3. The number of benzene rings is 1. The number of hydrogen-bond donors (Lipinski definition) is 0. The molecule has 1 fully saturated rings. The quantitative estimate of drug-likeness (QED) is 0.740. The van der Waals surface area contributed by atoms with Crippen molar-refractivity contribution in [1.29, 1.82) is 0 Å². The lowest BCUT2D eigenvalue weighted by atomic mass is 9.90. The average molecular weight is 314 g/mol. The van der Waals surface area contributed by atoms with Crippen LogP contribution in [0.3, 0.4) is 0 Å². The summed E-state index contributed by atoms with van der Waals surface area (Å²) in [6.07, 6.45) is 7.28. The van der Waals surface area contributed by atoms with Crippen molar-refractivity contribution >= 4 is 17.2 Å². The van der Waals surface area contributed by atoms with Crippen LogP contribution in [0.25, 0.3) is 5.57 Å². The highest BCUT2D eigenvalue weighted by Crippen LogP contribution is 2.36. The van der Waals surface area contributed by atoms with E-state index in [1.54, 1.807) is 0 Å². The van der Waals surface area contributed by atoms with Crippen molar-refractivity contribution in [3.63, 3.8) is 0 Å². The molecule has 2 aliphatic rings. The highest BCUT2D eigenvalue weighted by atomic mass is 35.5. The van der Waals surface area contributed by atoms with Gasteiger partial charge in [0, 0.05) is 42.6 Å². The van der Waals surface area contributed by atoms with E-state index in [4.69, 9.17) is 11.6 Å². The number of nitrogens with zero attached hydrogens (tertiary/aromatic N) is 3. The third kappa shape index (κ3) is 2.38. The highest BCUT2D eigenvalue weighted by molar-refractivity contribution is 6.30. The molecule has 4 heteroatoms. The minimum Gasteiger partial charge on any atom is -0.331 e. The Morgan fingerprint density at radius 1 is 1.09 bits per heavy atom. The summed E-state index contributed by atoms with van der Waals surface area (Å²) in [5.74, 6) is 1.13. The van der Waals surface area contributed by atoms with Crippen LogP contribution in [0.4, 0.5) is 0 Å². The van der Waals surface area contributed by atoms with Crippen LogP contribution in [-0.4, -0.2) is 34.6 Å². The Hall–Kier alpha value is -1.58. The largest absolute Gasteiger partial charge is 0.331 e. The summed E-state index contributed by atoms with van der Waals surface area (Å²) >= 11 is 6.22. The van der Waals surface area contributed by atoms with Crippen LogP contribution in [0.15, 0.2) is 36.2 Å². The molecule has 0 amide bonds. The van der Waals surface area contributed by atoms with Gasteiger partial charge in [0.1, 0.15) is 5.82 Å². The molecule has 1 aromatic heterocycles. The van der Waals surface area contributed by atoms with Crippen LogP contribution in [0.2, 0.25) is 5.02 Å². The van der Waals surface area contributed by atoms with E-state index in [0.717, 1.165) is 49.7 Å². The molecule has 0 radical (unpaired) electrons. The number of halogens is 1. The van der Waals surface area contributed by atoms with E-state index in [2.05, 4.69) is 39.8 Å². The van der Waals surface area contributed by atoms with E-state index >= 15 is 0 Å². The van der Waals surface area contributed by atoms with Crippen molar-refractivity contribution in [3.8, 4) is 0 Å². The molecule has 0 saturated carbocycles. The zero-order chi connectivity index (χ0) is 15.1. The lowest BCUT2D eigenvalue weighted by Crippen LogP contribution is -2.27. The second kappa shape index (κ2) is 5.56. The number of likely N-dealkylation sites (tertiary alicyclic amines) is 1. The van der Waals surface area contributed by atoms with Gasteiger partial charge in [-0.25, -0.2) is 4.98 Å². The third-order valence-corrected chi connectivity index (χ3v) is 5.08. The maximum absolute atomic E-state index is 6.22. The maximum Gasteiger partial charge on any atom is 0.140 e. The first-order valence-electron chi connectivity index (χ1n) is 7.93. The van der Waals surface area contributed by atoms with Gasteiger partial charge in [-0.3, -0.25) is 0 Å². The first kappa shape index (κ1) is 14.0. The minimum atomic E-state index is 0.825. The molecule has 0 atom stereocenters. The second-order valence-corrected chi connectivity index (χ2v) is 6.71. The van der Waals surface area contributed by atoms with Crippen LogP contribution >= 0.6 is 11.6 Å². The Morgan fingerprint density at radius 3 is 2.73 bits per heavy atom. The van der Waals surface area contributed by atoms with Gasteiger partial charge in [0.05, 0.1) is 0 Å². The fourth-order valence-electron chi connectivity index (χ4n) is 3.58. The number of piperidine rings is 1. The van der Waals surface area contributed by atoms with Gasteiger partial charge in [0.25, 0.3) is 0 Å². The Bertz CT molecular complexity index is 735. The van der Waals surface area contributed by atoms with Gasteiger partial charge in [-0.1, -0.05) is 23.2 Å². The van der Waals surface area contributed by atoms with Gasteiger partial charge in [-0.15, -0.1) is 0 Å². The van der Waals surface area contributed by atoms with Crippen molar-refractivity contribution in [2.75, 3.05) is 20.1 Å². The summed E-state index contributed by atoms with van der Waals surface area (Å²) in [4.78, 5) is 7.07. The zero-order valence-electron chi connectivity index (χ0n) is 12.8. The van der Waals surface area contributed by atoms with Crippen LogP contribution < -0.4 is 0 Å². The van der Waals surface area contributed by atoms with Crippen LogP contribution in [-0.2, 0) is 13.0 Å². The molecule has 4 rings (SSSR count). The first-order valence-corrected chi connectivity index (χ1v) is 8.31. The van der Waals surface area contributed by atoms with Crippen molar-refractivity contribution in [1.82, 2.24) is 14.5 Å². The van der Waals surface area contributed by atoms with E-state index in [0.29, 0.717) is 0 Å².